The molecule has 5 aromatic carbocycles. The van der Waals surface area contributed by atoms with Gasteiger partial charge in [0.15, 0.2) is 0 Å². The minimum absolute atomic E-state index is 0.221. The molecule has 0 fully saturated rings. The van der Waals surface area contributed by atoms with Gasteiger partial charge in [-0.25, -0.2) is 29.5 Å². The predicted molar refractivity (Wildman–Crippen MR) is 222 cm³/mol. The van der Waals surface area contributed by atoms with E-state index in [2.05, 4.69) is 26.0 Å². The summed E-state index contributed by atoms with van der Waals surface area (Å²) in [6.45, 7) is 4.14. The molecule has 4 aromatic heterocycles. The summed E-state index contributed by atoms with van der Waals surface area (Å²) in [6, 6.07) is 44.0. The molecule has 9 aromatic rings. The van der Waals surface area contributed by atoms with Gasteiger partial charge < -0.3 is 9.47 Å². The Morgan fingerprint density at radius 2 is 0.821 bits per heavy atom. The summed E-state index contributed by atoms with van der Waals surface area (Å²) in [6.07, 6.45) is 0. The Morgan fingerprint density at radius 1 is 0.429 bits per heavy atom. The molecule has 8 heteroatoms. The van der Waals surface area contributed by atoms with Gasteiger partial charge in [0.05, 0.1) is 47.7 Å². The van der Waals surface area contributed by atoms with Crippen LogP contribution >= 0.6 is 0 Å². The number of aromatic nitrogens is 4. The van der Waals surface area contributed by atoms with Gasteiger partial charge in [-0.15, -0.1) is 0 Å². The average molecular weight is 731 g/mol. The molecule has 0 saturated carbocycles. The van der Waals surface area contributed by atoms with Crippen LogP contribution in [0.3, 0.4) is 0 Å². The maximum absolute atomic E-state index is 12.8. The van der Waals surface area contributed by atoms with Gasteiger partial charge in [0.25, 0.3) is 0 Å². The zero-order valence-corrected chi connectivity index (χ0v) is 31.1. The Labute approximate surface area is 322 Å². The number of rotatable bonds is 6. The summed E-state index contributed by atoms with van der Waals surface area (Å²) in [7, 11) is 2.72. The topological polar surface area (TPSA) is 104 Å². The molecular formula is C48H34N4O4. The van der Waals surface area contributed by atoms with Crippen molar-refractivity contribution in [2.24, 2.45) is 0 Å². The fourth-order valence-corrected chi connectivity index (χ4v) is 7.54. The van der Waals surface area contributed by atoms with E-state index in [0.717, 1.165) is 77.4 Å². The van der Waals surface area contributed by atoms with E-state index >= 15 is 0 Å². The van der Waals surface area contributed by atoms with E-state index in [0.29, 0.717) is 22.1 Å². The van der Waals surface area contributed by atoms with E-state index in [1.807, 2.05) is 109 Å². The molecule has 0 N–H and O–H groups in total. The average Bonchev–Trinajstić information content (AvgIpc) is 3.25. The molecule has 0 bridgehead atoms. The number of carbonyl (C=O) groups is 2. The Balaban J connectivity index is 1.18. The second kappa shape index (κ2) is 13.8. The quantitative estimate of drug-likeness (QED) is 0.123. The standard InChI is InChI=1S/C48H34N4O4/c1-27-23-36(40-22-18-32-16-20-34-38(30-13-9-6-10-14-30)26-42(48(54)56-4)52-46(34)44(32)50-40)28(2)24-35(27)39-21-17-31-15-19-33-37(29-11-7-5-8-12-29)25-41(47(53)55-3)51-45(33)43(31)49-39/h5-26H,1-4H3. The number of aryl methyl sites for hydroxylation is 2. The molecular weight excluding hydrogens is 697 g/mol. The Kier molecular flexibility index (Phi) is 8.51. The summed E-state index contributed by atoms with van der Waals surface area (Å²) >= 11 is 0. The number of fused-ring (bicyclic) bond motifs is 6. The number of hydrogen-bond acceptors (Lipinski definition) is 8. The van der Waals surface area contributed by atoms with Crippen molar-refractivity contribution in [1.29, 1.82) is 0 Å². The number of ether oxygens (including phenoxy) is 2. The van der Waals surface area contributed by atoms with E-state index in [1.165, 1.54) is 14.2 Å². The first-order valence-electron chi connectivity index (χ1n) is 18.2. The molecule has 0 saturated heterocycles. The summed E-state index contributed by atoms with van der Waals surface area (Å²) in [5, 5.41) is 3.60. The summed E-state index contributed by atoms with van der Waals surface area (Å²) in [5.41, 5.74) is 12.3. The minimum Gasteiger partial charge on any atom is -0.464 e. The van der Waals surface area contributed by atoms with Crippen LogP contribution in [0.25, 0.3) is 88.4 Å². The SMILES string of the molecule is COC(=O)c1cc(-c2ccccc2)c2ccc3ccc(-c4cc(C)c(-c5ccc6ccc7c(-c8ccccc8)cc(C(=O)OC)nc7c6n5)cc4C)nc3c2n1. The highest BCUT2D eigenvalue weighted by Crippen LogP contribution is 2.37. The molecule has 0 aliphatic rings. The van der Waals surface area contributed by atoms with Crippen LogP contribution in [0.4, 0.5) is 0 Å². The normalized spacial score (nSPS) is 11.4. The lowest BCUT2D eigenvalue weighted by Crippen LogP contribution is -2.05. The zero-order chi connectivity index (χ0) is 38.5. The van der Waals surface area contributed by atoms with E-state index in [9.17, 15) is 9.59 Å². The van der Waals surface area contributed by atoms with Gasteiger partial charge >= 0.3 is 11.9 Å². The van der Waals surface area contributed by atoms with Gasteiger partial charge in [-0.05, 0) is 83.6 Å². The number of benzene rings is 5. The van der Waals surface area contributed by atoms with Crippen LogP contribution in [0.15, 0.2) is 133 Å². The molecule has 0 spiro atoms. The molecule has 270 valence electrons. The van der Waals surface area contributed by atoms with Crippen molar-refractivity contribution in [3.8, 4) is 44.8 Å². The van der Waals surface area contributed by atoms with Crippen LogP contribution in [-0.2, 0) is 9.47 Å². The highest BCUT2D eigenvalue weighted by molar-refractivity contribution is 6.12. The molecule has 0 amide bonds. The number of methoxy groups -OCH3 is 2. The largest absolute Gasteiger partial charge is 0.464 e. The third kappa shape index (κ3) is 5.88. The van der Waals surface area contributed by atoms with Crippen molar-refractivity contribution < 1.29 is 19.1 Å². The van der Waals surface area contributed by atoms with Crippen LogP contribution in [0.1, 0.15) is 32.1 Å². The van der Waals surface area contributed by atoms with Crippen molar-refractivity contribution in [3.63, 3.8) is 0 Å². The predicted octanol–water partition coefficient (Wildman–Crippen LogP) is 10.7. The van der Waals surface area contributed by atoms with Crippen molar-refractivity contribution in [1.82, 2.24) is 19.9 Å². The number of nitrogens with zero attached hydrogens (tertiary/aromatic N) is 4. The highest BCUT2D eigenvalue weighted by Gasteiger charge is 2.20. The van der Waals surface area contributed by atoms with Crippen molar-refractivity contribution in [2.75, 3.05) is 14.2 Å². The third-order valence-corrected chi connectivity index (χ3v) is 10.4. The first-order valence-corrected chi connectivity index (χ1v) is 18.2. The zero-order valence-electron chi connectivity index (χ0n) is 31.1. The minimum atomic E-state index is -0.508. The van der Waals surface area contributed by atoms with Gasteiger partial charge in [0.1, 0.15) is 11.4 Å². The van der Waals surface area contributed by atoms with Gasteiger partial charge in [0.2, 0.25) is 0 Å². The van der Waals surface area contributed by atoms with Gasteiger partial charge in [-0.2, -0.15) is 0 Å². The second-order valence-electron chi connectivity index (χ2n) is 13.8. The van der Waals surface area contributed by atoms with E-state index in [1.54, 1.807) is 12.1 Å². The van der Waals surface area contributed by atoms with Crippen LogP contribution in [0.5, 0.6) is 0 Å². The molecule has 4 heterocycles. The second-order valence-corrected chi connectivity index (χ2v) is 13.8. The van der Waals surface area contributed by atoms with Crippen LogP contribution in [0, 0.1) is 13.8 Å². The van der Waals surface area contributed by atoms with E-state index in [4.69, 9.17) is 29.4 Å². The van der Waals surface area contributed by atoms with Gasteiger partial charge in [-0.1, -0.05) is 97.1 Å². The third-order valence-electron chi connectivity index (χ3n) is 10.4. The molecule has 0 radical (unpaired) electrons. The number of carbonyl (C=O) groups excluding carboxylic acids is 2. The summed E-state index contributed by atoms with van der Waals surface area (Å²) < 4.78 is 10.2. The fraction of sp³-hybridized carbons (Fsp3) is 0.0833. The van der Waals surface area contributed by atoms with Crippen LogP contribution in [-0.4, -0.2) is 46.1 Å². The van der Waals surface area contributed by atoms with E-state index < -0.39 is 11.9 Å². The molecule has 0 aliphatic heterocycles. The monoisotopic (exact) mass is 730 g/mol. The molecule has 56 heavy (non-hydrogen) atoms. The number of esters is 2. The molecule has 9 rings (SSSR count). The molecule has 0 atom stereocenters. The summed E-state index contributed by atoms with van der Waals surface area (Å²) in [4.78, 5) is 45.7. The van der Waals surface area contributed by atoms with Crippen molar-refractivity contribution in [2.45, 2.75) is 13.8 Å². The molecule has 8 nitrogen and oxygen atoms in total. The van der Waals surface area contributed by atoms with Crippen molar-refractivity contribution >= 4 is 55.6 Å². The van der Waals surface area contributed by atoms with Crippen molar-refractivity contribution in [3.05, 3.63) is 156 Å². The Bertz CT molecular complexity index is 2850. The van der Waals surface area contributed by atoms with E-state index in [-0.39, 0.29) is 11.4 Å². The van der Waals surface area contributed by atoms with Gasteiger partial charge in [0, 0.05) is 32.7 Å². The Hall–Kier alpha value is -7.32. The lowest BCUT2D eigenvalue weighted by atomic mass is 9.94. The summed E-state index contributed by atoms with van der Waals surface area (Å²) in [5.74, 6) is -1.02. The fourth-order valence-electron chi connectivity index (χ4n) is 7.54. The van der Waals surface area contributed by atoms with Crippen LogP contribution < -0.4 is 0 Å². The maximum atomic E-state index is 12.8. The number of hydrogen-bond donors (Lipinski definition) is 0. The lowest BCUT2D eigenvalue weighted by molar-refractivity contribution is 0.0586. The molecule has 0 aliphatic carbocycles. The maximum Gasteiger partial charge on any atom is 0.356 e. The van der Waals surface area contributed by atoms with Crippen LogP contribution in [0.2, 0.25) is 0 Å². The first kappa shape index (κ1) is 34.4. The Morgan fingerprint density at radius 3 is 1.21 bits per heavy atom. The number of pyridine rings is 4. The van der Waals surface area contributed by atoms with Gasteiger partial charge in [-0.3, -0.25) is 0 Å². The molecule has 0 unspecified atom stereocenters. The first-order chi connectivity index (χ1) is 27.3. The lowest BCUT2D eigenvalue weighted by Gasteiger charge is -2.15. The highest BCUT2D eigenvalue weighted by atomic mass is 16.5. The smallest absolute Gasteiger partial charge is 0.356 e.